The largest absolute Gasteiger partial charge is 0.467 e. The number of thiophene rings is 1. The fourth-order valence-electron chi connectivity index (χ4n) is 2.26. The van der Waals surface area contributed by atoms with Gasteiger partial charge in [0.05, 0.1) is 24.9 Å². The van der Waals surface area contributed by atoms with Gasteiger partial charge in [-0.25, -0.2) is 0 Å². The minimum atomic E-state index is -0.0683. The number of aromatic nitrogens is 1. The molecule has 0 unspecified atom stereocenters. The predicted molar refractivity (Wildman–Crippen MR) is 93.3 cm³/mol. The number of furan rings is 1. The van der Waals surface area contributed by atoms with Crippen LogP contribution in [-0.4, -0.2) is 15.8 Å². The van der Waals surface area contributed by atoms with E-state index in [4.69, 9.17) is 4.42 Å². The summed E-state index contributed by atoms with van der Waals surface area (Å²) in [6, 6.07) is 9.61. The molecule has 0 aliphatic rings. The lowest BCUT2D eigenvalue weighted by atomic mass is 10.2. The number of carbonyl (C=O) groups is 1. The topological polar surface area (TPSA) is 46.3 Å². The van der Waals surface area contributed by atoms with Crippen molar-refractivity contribution in [2.75, 3.05) is 0 Å². The Balaban J connectivity index is 1.85. The standard InChI is InChI=1S/C17H15BrN2O2S/c1-12-4-5-16(23-12)11-20(10-15-3-2-6-22-15)17(21)13-7-14(18)9-19-8-13/h2-9H,10-11H2,1H3. The minimum Gasteiger partial charge on any atom is -0.467 e. The summed E-state index contributed by atoms with van der Waals surface area (Å²) in [5, 5.41) is 0. The zero-order chi connectivity index (χ0) is 16.2. The molecule has 0 spiro atoms. The average Bonchev–Trinajstić information content (AvgIpc) is 3.18. The molecule has 3 rings (SSSR count). The van der Waals surface area contributed by atoms with Crippen LogP contribution in [0.4, 0.5) is 0 Å². The van der Waals surface area contributed by atoms with Crippen LogP contribution in [0.1, 0.15) is 25.9 Å². The summed E-state index contributed by atoms with van der Waals surface area (Å²) >= 11 is 5.06. The molecule has 3 heterocycles. The summed E-state index contributed by atoms with van der Waals surface area (Å²) in [7, 11) is 0. The van der Waals surface area contributed by atoms with Crippen LogP contribution < -0.4 is 0 Å². The van der Waals surface area contributed by atoms with Gasteiger partial charge in [-0.15, -0.1) is 11.3 Å². The SMILES string of the molecule is Cc1ccc(CN(Cc2ccco2)C(=O)c2cncc(Br)c2)s1. The van der Waals surface area contributed by atoms with Crippen molar-refractivity contribution in [3.05, 3.63) is 74.5 Å². The van der Waals surface area contributed by atoms with Crippen molar-refractivity contribution in [2.45, 2.75) is 20.0 Å². The highest BCUT2D eigenvalue weighted by molar-refractivity contribution is 9.10. The van der Waals surface area contributed by atoms with Crippen LogP contribution in [0.2, 0.25) is 0 Å². The van der Waals surface area contributed by atoms with Gasteiger partial charge >= 0.3 is 0 Å². The first kappa shape index (κ1) is 16.0. The van der Waals surface area contributed by atoms with Gasteiger partial charge in [0, 0.05) is 26.6 Å². The normalized spacial score (nSPS) is 10.7. The fraction of sp³-hybridized carbons (Fsp3) is 0.176. The molecule has 0 saturated heterocycles. The van der Waals surface area contributed by atoms with Gasteiger partial charge in [-0.05, 0) is 53.2 Å². The van der Waals surface area contributed by atoms with Crippen LogP contribution in [0, 0.1) is 6.92 Å². The molecule has 6 heteroatoms. The number of rotatable bonds is 5. The first-order chi connectivity index (χ1) is 11.1. The number of pyridine rings is 1. The fourth-order valence-corrected chi connectivity index (χ4v) is 3.53. The van der Waals surface area contributed by atoms with Crippen LogP contribution in [0.5, 0.6) is 0 Å². The van der Waals surface area contributed by atoms with Crippen molar-refractivity contribution in [1.29, 1.82) is 0 Å². The molecule has 0 saturated carbocycles. The summed E-state index contributed by atoms with van der Waals surface area (Å²) in [6.45, 7) is 3.03. The first-order valence-electron chi connectivity index (χ1n) is 7.09. The van der Waals surface area contributed by atoms with Crippen LogP contribution in [-0.2, 0) is 13.1 Å². The maximum absolute atomic E-state index is 12.9. The maximum Gasteiger partial charge on any atom is 0.256 e. The Morgan fingerprint density at radius 1 is 1.30 bits per heavy atom. The molecule has 0 radical (unpaired) electrons. The second-order valence-corrected chi connectivity index (χ2v) is 7.43. The third-order valence-electron chi connectivity index (χ3n) is 3.31. The third kappa shape index (κ3) is 4.09. The van der Waals surface area contributed by atoms with Crippen molar-refractivity contribution in [1.82, 2.24) is 9.88 Å². The first-order valence-corrected chi connectivity index (χ1v) is 8.70. The molecule has 1 amide bonds. The molecule has 0 aliphatic carbocycles. The summed E-state index contributed by atoms with van der Waals surface area (Å²) in [5.41, 5.74) is 0.555. The lowest BCUT2D eigenvalue weighted by Crippen LogP contribution is -2.29. The molecule has 0 bridgehead atoms. The number of amides is 1. The lowest BCUT2D eigenvalue weighted by Gasteiger charge is -2.21. The Bertz CT molecular complexity index is 799. The van der Waals surface area contributed by atoms with Gasteiger partial charge in [-0.1, -0.05) is 0 Å². The molecule has 4 nitrogen and oxygen atoms in total. The summed E-state index contributed by atoms with van der Waals surface area (Å²) in [6.07, 6.45) is 4.87. The van der Waals surface area contributed by atoms with E-state index in [0.717, 1.165) is 15.1 Å². The molecule has 23 heavy (non-hydrogen) atoms. The highest BCUT2D eigenvalue weighted by atomic mass is 79.9. The number of nitrogens with zero attached hydrogens (tertiary/aromatic N) is 2. The van der Waals surface area contributed by atoms with Gasteiger partial charge in [0.2, 0.25) is 0 Å². The van der Waals surface area contributed by atoms with Crippen molar-refractivity contribution in [3.8, 4) is 0 Å². The number of halogens is 1. The molecule has 3 aromatic heterocycles. The van der Waals surface area contributed by atoms with Gasteiger partial charge in [0.15, 0.2) is 0 Å². The molecule has 0 N–H and O–H groups in total. The molecule has 0 fully saturated rings. The molecule has 0 aromatic carbocycles. The smallest absolute Gasteiger partial charge is 0.256 e. The minimum absolute atomic E-state index is 0.0683. The Hall–Kier alpha value is -1.92. The van der Waals surface area contributed by atoms with Gasteiger partial charge < -0.3 is 9.32 Å². The quantitative estimate of drug-likeness (QED) is 0.636. The van der Waals surface area contributed by atoms with Crippen LogP contribution in [0.3, 0.4) is 0 Å². The third-order valence-corrected chi connectivity index (χ3v) is 4.73. The number of hydrogen-bond acceptors (Lipinski definition) is 4. The van der Waals surface area contributed by atoms with Crippen molar-refractivity contribution < 1.29 is 9.21 Å². The molecule has 0 aliphatic heterocycles. The monoisotopic (exact) mass is 390 g/mol. The lowest BCUT2D eigenvalue weighted by molar-refractivity contribution is 0.0719. The van der Waals surface area contributed by atoms with E-state index >= 15 is 0 Å². The highest BCUT2D eigenvalue weighted by Crippen LogP contribution is 2.21. The van der Waals surface area contributed by atoms with Gasteiger partial charge in [-0.2, -0.15) is 0 Å². The van der Waals surface area contributed by atoms with Gasteiger partial charge in [0.1, 0.15) is 5.76 Å². The average molecular weight is 391 g/mol. The summed E-state index contributed by atoms with van der Waals surface area (Å²) < 4.78 is 6.19. The molecule has 0 atom stereocenters. The van der Waals surface area contributed by atoms with Crippen LogP contribution in [0.25, 0.3) is 0 Å². The Morgan fingerprint density at radius 3 is 2.83 bits per heavy atom. The Labute approximate surface area is 146 Å². The van der Waals surface area contributed by atoms with E-state index in [-0.39, 0.29) is 5.91 Å². The van der Waals surface area contributed by atoms with E-state index in [1.165, 1.54) is 4.88 Å². The van der Waals surface area contributed by atoms with Crippen molar-refractivity contribution in [2.24, 2.45) is 0 Å². The Kier molecular flexibility index (Phi) is 4.93. The van der Waals surface area contributed by atoms with E-state index in [2.05, 4.69) is 40.0 Å². The molecular formula is C17H15BrN2O2S. The van der Waals surface area contributed by atoms with Crippen LogP contribution in [0.15, 0.2) is 57.9 Å². The van der Waals surface area contributed by atoms with Crippen molar-refractivity contribution >= 4 is 33.2 Å². The van der Waals surface area contributed by atoms with Crippen LogP contribution >= 0.6 is 27.3 Å². The van der Waals surface area contributed by atoms with Gasteiger partial charge in [0.25, 0.3) is 5.91 Å². The van der Waals surface area contributed by atoms with Crippen molar-refractivity contribution in [3.63, 3.8) is 0 Å². The van der Waals surface area contributed by atoms with E-state index < -0.39 is 0 Å². The summed E-state index contributed by atoms with van der Waals surface area (Å²) in [5.74, 6) is 0.691. The highest BCUT2D eigenvalue weighted by Gasteiger charge is 2.19. The number of carbonyl (C=O) groups excluding carboxylic acids is 1. The van der Waals surface area contributed by atoms with E-state index in [9.17, 15) is 4.79 Å². The second kappa shape index (κ2) is 7.10. The molecule has 118 valence electrons. The van der Waals surface area contributed by atoms with Gasteiger partial charge in [-0.3, -0.25) is 9.78 Å². The zero-order valence-corrected chi connectivity index (χ0v) is 14.9. The van der Waals surface area contributed by atoms with E-state index in [0.29, 0.717) is 18.7 Å². The molecule has 3 aromatic rings. The summed E-state index contributed by atoms with van der Waals surface area (Å²) in [4.78, 5) is 21.1. The number of hydrogen-bond donors (Lipinski definition) is 0. The second-order valence-electron chi connectivity index (χ2n) is 5.14. The zero-order valence-electron chi connectivity index (χ0n) is 12.5. The molecular weight excluding hydrogens is 376 g/mol. The number of aryl methyl sites for hydroxylation is 1. The maximum atomic E-state index is 12.9. The Morgan fingerprint density at radius 2 is 2.17 bits per heavy atom. The van der Waals surface area contributed by atoms with E-state index in [1.54, 1.807) is 41.0 Å². The van der Waals surface area contributed by atoms with E-state index in [1.807, 2.05) is 12.1 Å². The predicted octanol–water partition coefficient (Wildman–Crippen LogP) is 4.65.